The van der Waals surface area contributed by atoms with Crippen molar-refractivity contribution in [3.63, 3.8) is 0 Å². The third kappa shape index (κ3) is 3.68. The summed E-state index contributed by atoms with van der Waals surface area (Å²) in [5.41, 5.74) is 1.55. The first kappa shape index (κ1) is 13.8. The van der Waals surface area contributed by atoms with Crippen LogP contribution in [-0.4, -0.2) is 16.1 Å². The monoisotopic (exact) mass is 296 g/mol. The van der Waals surface area contributed by atoms with E-state index in [0.717, 1.165) is 5.56 Å². The summed E-state index contributed by atoms with van der Waals surface area (Å²) in [6, 6.07) is 7.61. The molecule has 2 rings (SSSR count). The van der Waals surface area contributed by atoms with E-state index in [0.29, 0.717) is 15.8 Å². The molecule has 0 aliphatic rings. The van der Waals surface area contributed by atoms with Gasteiger partial charge in [-0.25, -0.2) is 4.98 Å². The average Bonchev–Trinajstić information content (AvgIpc) is 2.76. The number of anilines is 1. The van der Waals surface area contributed by atoms with Crippen molar-refractivity contribution in [1.29, 1.82) is 0 Å². The standard InChI is InChI=1S/C13H13ClN2O2S/c1-8(10-4-2-3-5-11(10)14)15-13-16-9(7-19-13)6-12(17)18/h2-5,7-8H,6H2,1H3,(H,15,16)(H,17,18). The first-order valence-electron chi connectivity index (χ1n) is 5.73. The van der Waals surface area contributed by atoms with Gasteiger partial charge in [-0.3, -0.25) is 4.79 Å². The van der Waals surface area contributed by atoms with Gasteiger partial charge in [0, 0.05) is 10.4 Å². The van der Waals surface area contributed by atoms with Crippen LogP contribution < -0.4 is 5.32 Å². The number of nitrogens with one attached hydrogen (secondary N) is 1. The number of carbonyl (C=O) groups is 1. The summed E-state index contributed by atoms with van der Waals surface area (Å²) in [6.07, 6.45) is -0.0569. The molecule has 0 aliphatic carbocycles. The molecule has 6 heteroatoms. The maximum absolute atomic E-state index is 10.6. The maximum atomic E-state index is 10.6. The second-order valence-corrected chi connectivity index (χ2v) is 5.37. The van der Waals surface area contributed by atoms with Gasteiger partial charge in [-0.2, -0.15) is 0 Å². The summed E-state index contributed by atoms with van der Waals surface area (Å²) in [7, 11) is 0. The largest absolute Gasteiger partial charge is 0.481 e. The Morgan fingerprint density at radius 3 is 2.95 bits per heavy atom. The molecule has 4 nitrogen and oxygen atoms in total. The van der Waals surface area contributed by atoms with Gasteiger partial charge in [0.2, 0.25) is 0 Å². The van der Waals surface area contributed by atoms with Crippen molar-refractivity contribution in [3.8, 4) is 0 Å². The Morgan fingerprint density at radius 2 is 2.26 bits per heavy atom. The van der Waals surface area contributed by atoms with Crippen molar-refractivity contribution in [2.75, 3.05) is 5.32 Å². The summed E-state index contributed by atoms with van der Waals surface area (Å²) in [5, 5.41) is 15.1. The van der Waals surface area contributed by atoms with E-state index in [-0.39, 0.29) is 12.5 Å². The molecule has 1 unspecified atom stereocenters. The van der Waals surface area contributed by atoms with Crippen LogP contribution in [0.2, 0.25) is 5.02 Å². The highest BCUT2D eigenvalue weighted by atomic mass is 35.5. The minimum absolute atomic E-state index is 0.0116. The number of thiazole rings is 1. The molecule has 0 amide bonds. The third-order valence-corrected chi connectivity index (χ3v) is 3.76. The molecule has 2 aromatic rings. The number of rotatable bonds is 5. The summed E-state index contributed by atoms with van der Waals surface area (Å²) < 4.78 is 0. The van der Waals surface area contributed by atoms with E-state index in [9.17, 15) is 4.79 Å². The van der Waals surface area contributed by atoms with Crippen LogP contribution in [0, 0.1) is 0 Å². The van der Waals surface area contributed by atoms with Crippen molar-refractivity contribution >= 4 is 34.0 Å². The molecule has 0 saturated heterocycles. The number of benzene rings is 1. The van der Waals surface area contributed by atoms with Gasteiger partial charge in [-0.15, -0.1) is 11.3 Å². The highest BCUT2D eigenvalue weighted by Crippen LogP contribution is 2.27. The van der Waals surface area contributed by atoms with E-state index in [1.165, 1.54) is 11.3 Å². The number of hydrogen-bond donors (Lipinski definition) is 2. The molecular weight excluding hydrogens is 284 g/mol. The van der Waals surface area contributed by atoms with Gasteiger partial charge in [0.25, 0.3) is 0 Å². The predicted octanol–water partition coefficient (Wildman–Crippen LogP) is 3.60. The second-order valence-electron chi connectivity index (χ2n) is 4.10. The van der Waals surface area contributed by atoms with Crippen LogP contribution in [0.3, 0.4) is 0 Å². The second kappa shape index (κ2) is 6.04. The highest BCUT2D eigenvalue weighted by Gasteiger charge is 2.11. The summed E-state index contributed by atoms with van der Waals surface area (Å²) in [4.78, 5) is 14.8. The summed E-state index contributed by atoms with van der Waals surface area (Å²) in [5.74, 6) is -0.879. The van der Waals surface area contributed by atoms with Gasteiger partial charge in [-0.1, -0.05) is 29.8 Å². The zero-order chi connectivity index (χ0) is 13.8. The third-order valence-electron chi connectivity index (χ3n) is 2.60. The number of hydrogen-bond acceptors (Lipinski definition) is 4. The lowest BCUT2D eigenvalue weighted by Gasteiger charge is -2.14. The van der Waals surface area contributed by atoms with Crippen LogP contribution in [-0.2, 0) is 11.2 Å². The molecule has 2 N–H and O–H groups in total. The Labute approximate surface area is 120 Å². The highest BCUT2D eigenvalue weighted by molar-refractivity contribution is 7.13. The molecule has 1 atom stereocenters. The lowest BCUT2D eigenvalue weighted by atomic mass is 10.1. The van der Waals surface area contributed by atoms with E-state index in [1.54, 1.807) is 5.38 Å². The quantitative estimate of drug-likeness (QED) is 0.885. The van der Waals surface area contributed by atoms with Crippen molar-refractivity contribution < 1.29 is 9.90 Å². The average molecular weight is 297 g/mol. The van der Waals surface area contributed by atoms with E-state index in [1.807, 2.05) is 31.2 Å². The van der Waals surface area contributed by atoms with E-state index >= 15 is 0 Å². The Morgan fingerprint density at radius 1 is 1.53 bits per heavy atom. The Hall–Kier alpha value is -1.59. The zero-order valence-electron chi connectivity index (χ0n) is 10.3. The number of halogens is 1. The molecular formula is C13H13ClN2O2S. The van der Waals surface area contributed by atoms with E-state index in [4.69, 9.17) is 16.7 Å². The summed E-state index contributed by atoms with van der Waals surface area (Å²) >= 11 is 7.52. The minimum Gasteiger partial charge on any atom is -0.481 e. The van der Waals surface area contributed by atoms with Crippen molar-refractivity contribution in [3.05, 3.63) is 45.9 Å². The molecule has 1 aromatic carbocycles. The summed E-state index contributed by atoms with van der Waals surface area (Å²) in [6.45, 7) is 1.99. The molecule has 0 fully saturated rings. The fraction of sp³-hybridized carbons (Fsp3) is 0.231. The molecule has 0 radical (unpaired) electrons. The predicted molar refractivity (Wildman–Crippen MR) is 76.9 cm³/mol. The van der Waals surface area contributed by atoms with Gasteiger partial charge in [0.05, 0.1) is 18.2 Å². The van der Waals surface area contributed by atoms with E-state index < -0.39 is 5.97 Å². The Balaban J connectivity index is 2.07. The lowest BCUT2D eigenvalue weighted by Crippen LogP contribution is -2.07. The minimum atomic E-state index is -0.879. The Bertz CT molecular complexity index is 586. The van der Waals surface area contributed by atoms with Crippen LogP contribution in [0.1, 0.15) is 24.2 Å². The van der Waals surface area contributed by atoms with Crippen molar-refractivity contribution in [1.82, 2.24) is 4.98 Å². The van der Waals surface area contributed by atoms with Crippen molar-refractivity contribution in [2.24, 2.45) is 0 Å². The van der Waals surface area contributed by atoms with Crippen LogP contribution in [0.25, 0.3) is 0 Å². The van der Waals surface area contributed by atoms with Crippen LogP contribution in [0.15, 0.2) is 29.6 Å². The first-order valence-corrected chi connectivity index (χ1v) is 6.99. The number of nitrogens with zero attached hydrogens (tertiary/aromatic N) is 1. The molecule has 0 aliphatic heterocycles. The lowest BCUT2D eigenvalue weighted by molar-refractivity contribution is -0.136. The fourth-order valence-electron chi connectivity index (χ4n) is 1.70. The van der Waals surface area contributed by atoms with Gasteiger partial charge in [0.1, 0.15) is 0 Å². The number of carboxylic acid groups (broad SMARTS) is 1. The molecule has 1 aromatic heterocycles. The SMILES string of the molecule is CC(Nc1nc(CC(=O)O)cs1)c1ccccc1Cl. The van der Waals surface area contributed by atoms with Gasteiger partial charge < -0.3 is 10.4 Å². The molecule has 19 heavy (non-hydrogen) atoms. The molecule has 0 saturated carbocycles. The number of carboxylic acids is 1. The van der Waals surface area contributed by atoms with Gasteiger partial charge >= 0.3 is 5.97 Å². The van der Waals surface area contributed by atoms with Crippen molar-refractivity contribution in [2.45, 2.75) is 19.4 Å². The topological polar surface area (TPSA) is 62.2 Å². The molecule has 0 spiro atoms. The smallest absolute Gasteiger partial charge is 0.309 e. The van der Waals surface area contributed by atoms with Crippen LogP contribution >= 0.6 is 22.9 Å². The molecule has 0 bridgehead atoms. The zero-order valence-corrected chi connectivity index (χ0v) is 11.8. The van der Waals surface area contributed by atoms with Crippen LogP contribution in [0.5, 0.6) is 0 Å². The normalized spacial score (nSPS) is 12.1. The van der Waals surface area contributed by atoms with Crippen LogP contribution in [0.4, 0.5) is 5.13 Å². The first-order chi connectivity index (χ1) is 9.06. The molecule has 1 heterocycles. The van der Waals surface area contributed by atoms with E-state index in [2.05, 4.69) is 10.3 Å². The van der Waals surface area contributed by atoms with Gasteiger partial charge in [-0.05, 0) is 18.6 Å². The van der Waals surface area contributed by atoms with Gasteiger partial charge in [0.15, 0.2) is 5.13 Å². The molecule has 100 valence electrons. The Kier molecular flexibility index (Phi) is 4.39. The number of aromatic nitrogens is 1. The maximum Gasteiger partial charge on any atom is 0.309 e. The number of aliphatic carboxylic acids is 1. The fourth-order valence-corrected chi connectivity index (χ4v) is 2.80.